The molecule has 1 aliphatic rings. The summed E-state index contributed by atoms with van der Waals surface area (Å²) in [7, 11) is 0. The summed E-state index contributed by atoms with van der Waals surface area (Å²) in [6.45, 7) is 12.8. The molecule has 0 bridgehead atoms. The second-order valence-electron chi connectivity index (χ2n) is 10.2. The van der Waals surface area contributed by atoms with Crippen molar-refractivity contribution in [2.75, 3.05) is 0 Å². The van der Waals surface area contributed by atoms with Gasteiger partial charge in [0, 0.05) is 12.8 Å². The molecule has 0 amide bonds. The molecule has 1 saturated heterocycles. The largest absolute Gasteiger partial charge is 0.479 e. The quantitative estimate of drug-likeness (QED) is 0.293. The predicted octanol–water partition coefficient (Wildman–Crippen LogP) is 6.27. The first-order chi connectivity index (χ1) is 14.5. The maximum atomic E-state index is 12.1. The number of carbonyl (C=O) groups is 2. The second-order valence-corrected chi connectivity index (χ2v) is 10.2. The monoisotopic (exact) mass is 442 g/mol. The van der Waals surface area contributed by atoms with Crippen molar-refractivity contribution in [3.63, 3.8) is 0 Å². The molecule has 2 N–H and O–H groups in total. The minimum atomic E-state index is -1.82. The lowest BCUT2D eigenvalue weighted by molar-refractivity contribution is -0.213. The normalized spacial score (nSPS) is 28.0. The molecule has 1 heterocycles. The zero-order valence-corrected chi connectivity index (χ0v) is 20.6. The Morgan fingerprint density at radius 2 is 1.42 bits per heavy atom. The van der Waals surface area contributed by atoms with Gasteiger partial charge in [-0.1, -0.05) is 92.9 Å². The van der Waals surface area contributed by atoms with Crippen molar-refractivity contribution in [3.05, 3.63) is 0 Å². The number of hydrogen-bond acceptors (Lipinski definition) is 4. The van der Waals surface area contributed by atoms with Crippen LogP contribution in [0.25, 0.3) is 0 Å². The van der Waals surface area contributed by atoms with Crippen LogP contribution in [0.15, 0.2) is 0 Å². The molecule has 6 nitrogen and oxygen atoms in total. The third-order valence-electron chi connectivity index (χ3n) is 6.49. The molecule has 0 radical (unpaired) electrons. The third-order valence-corrected chi connectivity index (χ3v) is 6.49. The Balaban J connectivity index is 2.75. The van der Waals surface area contributed by atoms with Gasteiger partial charge in [-0.25, -0.2) is 9.59 Å². The van der Waals surface area contributed by atoms with Gasteiger partial charge in [-0.05, 0) is 24.2 Å². The molecule has 182 valence electrons. The van der Waals surface area contributed by atoms with Crippen molar-refractivity contribution in [1.82, 2.24) is 0 Å². The third kappa shape index (κ3) is 8.05. The summed E-state index contributed by atoms with van der Waals surface area (Å²) in [5, 5.41) is 19.6. The van der Waals surface area contributed by atoms with E-state index in [0.29, 0.717) is 25.2 Å². The molecule has 1 rings (SSSR count). The molecule has 31 heavy (non-hydrogen) atoms. The van der Waals surface area contributed by atoms with E-state index in [-0.39, 0.29) is 12.3 Å². The fourth-order valence-corrected chi connectivity index (χ4v) is 4.93. The van der Waals surface area contributed by atoms with Crippen molar-refractivity contribution < 1.29 is 29.3 Å². The van der Waals surface area contributed by atoms with E-state index in [0.717, 1.165) is 25.2 Å². The highest BCUT2D eigenvalue weighted by molar-refractivity contribution is 5.88. The van der Waals surface area contributed by atoms with Crippen molar-refractivity contribution in [2.24, 2.45) is 17.8 Å². The van der Waals surface area contributed by atoms with Crippen LogP contribution in [0.3, 0.4) is 0 Å². The first-order valence-electron chi connectivity index (χ1n) is 12.4. The highest BCUT2D eigenvalue weighted by Crippen LogP contribution is 2.46. The topological polar surface area (TPSA) is 93.1 Å². The van der Waals surface area contributed by atoms with Crippen molar-refractivity contribution in [1.29, 1.82) is 0 Å². The molecule has 5 atom stereocenters. The second kappa shape index (κ2) is 12.8. The number of carboxylic acid groups (broad SMARTS) is 2. The Labute approximate surface area is 189 Å². The van der Waals surface area contributed by atoms with Gasteiger partial charge in [-0.15, -0.1) is 0 Å². The molecule has 0 aromatic rings. The number of rotatable bonds is 16. The first-order valence-corrected chi connectivity index (χ1v) is 12.4. The minimum absolute atomic E-state index is 0.118. The van der Waals surface area contributed by atoms with Crippen LogP contribution in [0.4, 0.5) is 0 Å². The molecule has 1 fully saturated rings. The maximum absolute atomic E-state index is 12.1. The molecule has 6 heteroatoms. The fourth-order valence-electron chi connectivity index (χ4n) is 4.93. The van der Waals surface area contributed by atoms with Crippen LogP contribution in [0, 0.1) is 17.8 Å². The van der Waals surface area contributed by atoms with Crippen LogP contribution in [-0.2, 0) is 19.1 Å². The van der Waals surface area contributed by atoms with E-state index in [2.05, 4.69) is 27.7 Å². The highest BCUT2D eigenvalue weighted by atomic mass is 16.8. The van der Waals surface area contributed by atoms with Crippen LogP contribution >= 0.6 is 0 Å². The Morgan fingerprint density at radius 1 is 0.871 bits per heavy atom. The molecule has 0 aromatic carbocycles. The van der Waals surface area contributed by atoms with Crippen LogP contribution in [0.5, 0.6) is 0 Å². The number of carboxylic acids is 2. The van der Waals surface area contributed by atoms with E-state index in [1.165, 1.54) is 25.7 Å². The maximum Gasteiger partial charge on any atom is 0.339 e. The summed E-state index contributed by atoms with van der Waals surface area (Å²) in [5.74, 6) is -1.94. The molecule has 0 aliphatic carbocycles. The Bertz CT molecular complexity index is 562. The Morgan fingerprint density at radius 3 is 1.90 bits per heavy atom. The molecule has 0 saturated carbocycles. The molecule has 0 aromatic heterocycles. The van der Waals surface area contributed by atoms with Crippen LogP contribution in [0.2, 0.25) is 0 Å². The fraction of sp³-hybridized carbons (Fsp3) is 0.920. The van der Waals surface area contributed by atoms with E-state index in [4.69, 9.17) is 9.47 Å². The van der Waals surface area contributed by atoms with Gasteiger partial charge >= 0.3 is 11.9 Å². The number of ether oxygens (including phenoxy) is 2. The summed E-state index contributed by atoms with van der Waals surface area (Å²) in [6.07, 6.45) is 7.98. The van der Waals surface area contributed by atoms with Crippen molar-refractivity contribution in [3.8, 4) is 0 Å². The predicted molar refractivity (Wildman–Crippen MR) is 122 cm³/mol. The summed E-state index contributed by atoms with van der Waals surface area (Å²) < 4.78 is 12.1. The zero-order chi connectivity index (χ0) is 23.7. The van der Waals surface area contributed by atoms with Gasteiger partial charge in [0.25, 0.3) is 0 Å². The van der Waals surface area contributed by atoms with Crippen molar-refractivity contribution >= 4 is 11.9 Å². The highest BCUT2D eigenvalue weighted by Gasteiger charge is 2.63. The van der Waals surface area contributed by atoms with Gasteiger partial charge in [-0.2, -0.15) is 0 Å². The lowest BCUT2D eigenvalue weighted by Crippen LogP contribution is -2.51. The van der Waals surface area contributed by atoms with Gasteiger partial charge in [0.05, 0.1) is 0 Å². The van der Waals surface area contributed by atoms with Crippen LogP contribution in [-0.4, -0.2) is 39.6 Å². The first kappa shape index (κ1) is 27.9. The smallest absolute Gasteiger partial charge is 0.339 e. The summed E-state index contributed by atoms with van der Waals surface area (Å²) in [6, 6.07) is 0. The van der Waals surface area contributed by atoms with Gasteiger partial charge in [0.1, 0.15) is 0 Å². The molecule has 3 unspecified atom stereocenters. The van der Waals surface area contributed by atoms with Crippen LogP contribution < -0.4 is 0 Å². The van der Waals surface area contributed by atoms with E-state index in [1.807, 2.05) is 13.8 Å². The van der Waals surface area contributed by atoms with E-state index >= 15 is 0 Å². The van der Waals surface area contributed by atoms with E-state index < -0.39 is 29.4 Å². The Hall–Kier alpha value is -1.14. The lowest BCUT2D eigenvalue weighted by Gasteiger charge is -2.32. The average Bonchev–Trinajstić information content (AvgIpc) is 2.97. The lowest BCUT2D eigenvalue weighted by atomic mass is 9.89. The van der Waals surface area contributed by atoms with E-state index in [1.54, 1.807) is 0 Å². The number of aliphatic carboxylic acids is 2. The van der Waals surface area contributed by atoms with Gasteiger partial charge in [0.2, 0.25) is 5.60 Å². The summed E-state index contributed by atoms with van der Waals surface area (Å²) in [4.78, 5) is 24.0. The Kier molecular flexibility index (Phi) is 11.5. The molecular weight excluding hydrogens is 396 g/mol. The number of hydrogen-bond donors (Lipinski definition) is 2. The minimum Gasteiger partial charge on any atom is -0.479 e. The summed E-state index contributed by atoms with van der Waals surface area (Å²) >= 11 is 0. The van der Waals surface area contributed by atoms with Crippen LogP contribution in [0.1, 0.15) is 112 Å². The van der Waals surface area contributed by atoms with Gasteiger partial charge < -0.3 is 19.7 Å². The SMILES string of the molecule is CCCC1(CC(C)CCCC(C)CCCC(C)C)O[C@H](C(=O)O)[C@@](CCC)(C(=O)O)O1. The van der Waals surface area contributed by atoms with Gasteiger partial charge in [-0.3, -0.25) is 0 Å². The zero-order valence-electron chi connectivity index (χ0n) is 20.6. The van der Waals surface area contributed by atoms with Gasteiger partial charge in [0.15, 0.2) is 11.9 Å². The standard InChI is InChI=1S/C25H46O6/c1-7-15-24(17-20(6)14-10-13-19(5)12-9-11-18(3)4)30-21(22(26)27)25(31-24,16-8-2)23(28)29/h18-21H,7-17H2,1-6H3,(H,26,27)(H,28,29)/t19?,20?,21-,24?,25+/m1/s1. The van der Waals surface area contributed by atoms with Crippen molar-refractivity contribution in [2.45, 2.75) is 130 Å². The summed E-state index contributed by atoms with van der Waals surface area (Å²) in [5.41, 5.74) is -1.82. The van der Waals surface area contributed by atoms with E-state index in [9.17, 15) is 19.8 Å². The molecule has 1 aliphatic heterocycles. The molecular formula is C25H46O6. The average molecular weight is 443 g/mol. The molecule has 0 spiro atoms.